The second-order valence-electron chi connectivity index (χ2n) is 8.91. The Balaban J connectivity index is 1.38. The topological polar surface area (TPSA) is 114 Å². The van der Waals surface area contributed by atoms with Crippen LogP contribution in [-0.2, 0) is 4.79 Å². The van der Waals surface area contributed by atoms with Crippen molar-refractivity contribution in [2.24, 2.45) is 5.92 Å². The van der Waals surface area contributed by atoms with Crippen LogP contribution >= 0.6 is 0 Å². The molecule has 0 radical (unpaired) electrons. The highest BCUT2D eigenvalue weighted by atomic mass is 16.2. The van der Waals surface area contributed by atoms with Gasteiger partial charge in [0.2, 0.25) is 5.91 Å². The molecule has 3 N–H and O–H groups in total. The molecule has 3 aromatic rings. The monoisotopic (exact) mass is 433 g/mol. The van der Waals surface area contributed by atoms with Gasteiger partial charge in [-0.2, -0.15) is 0 Å². The molecule has 166 valence electrons. The summed E-state index contributed by atoms with van der Waals surface area (Å²) in [5.74, 6) is -0.00685. The van der Waals surface area contributed by atoms with Crippen molar-refractivity contribution in [3.8, 4) is 0 Å². The normalized spacial score (nSPS) is 22.8. The number of pyridine rings is 1. The molecule has 2 fully saturated rings. The number of hydrazine groups is 1. The van der Waals surface area contributed by atoms with E-state index in [0.717, 1.165) is 24.9 Å². The van der Waals surface area contributed by atoms with Crippen molar-refractivity contribution < 1.29 is 9.59 Å². The van der Waals surface area contributed by atoms with Crippen LogP contribution in [0, 0.1) is 5.92 Å². The van der Waals surface area contributed by atoms with Gasteiger partial charge in [-0.25, -0.2) is 15.4 Å². The zero-order valence-corrected chi connectivity index (χ0v) is 18.2. The third-order valence-electron chi connectivity index (χ3n) is 6.52. The molecule has 1 aliphatic heterocycles. The number of fused-ring (bicyclic) bond motifs is 2. The van der Waals surface area contributed by atoms with Crippen molar-refractivity contribution >= 4 is 28.4 Å². The van der Waals surface area contributed by atoms with E-state index in [4.69, 9.17) is 0 Å². The van der Waals surface area contributed by atoms with Crippen LogP contribution in [0.4, 0.5) is 5.69 Å². The molecule has 2 aliphatic rings. The van der Waals surface area contributed by atoms with Gasteiger partial charge < -0.3 is 9.88 Å². The molecule has 0 aromatic carbocycles. The van der Waals surface area contributed by atoms with E-state index in [1.54, 1.807) is 18.5 Å². The second-order valence-corrected chi connectivity index (χ2v) is 8.91. The predicted molar refractivity (Wildman–Crippen MR) is 120 cm³/mol. The first-order valence-corrected chi connectivity index (χ1v) is 11.1. The van der Waals surface area contributed by atoms with Crippen LogP contribution in [0.3, 0.4) is 0 Å². The number of ketones is 1. The summed E-state index contributed by atoms with van der Waals surface area (Å²) in [5.41, 5.74) is 8.56. The van der Waals surface area contributed by atoms with Crippen LogP contribution in [-0.4, -0.2) is 43.3 Å². The maximum atomic E-state index is 13.3. The quantitative estimate of drug-likeness (QED) is 0.530. The molecule has 1 saturated carbocycles. The Hall–Kier alpha value is -3.17. The minimum atomic E-state index is -0.291. The van der Waals surface area contributed by atoms with Gasteiger partial charge in [-0.15, -0.1) is 0 Å². The Morgan fingerprint density at radius 2 is 1.97 bits per heavy atom. The van der Waals surface area contributed by atoms with Gasteiger partial charge >= 0.3 is 0 Å². The van der Waals surface area contributed by atoms with E-state index in [9.17, 15) is 9.59 Å². The van der Waals surface area contributed by atoms with E-state index in [2.05, 4.69) is 31.1 Å². The summed E-state index contributed by atoms with van der Waals surface area (Å²) in [4.78, 5) is 38.9. The molecule has 0 bridgehead atoms. The minimum absolute atomic E-state index is 0.108. The summed E-state index contributed by atoms with van der Waals surface area (Å²) in [5, 5.41) is 3.64. The van der Waals surface area contributed by atoms with Crippen LogP contribution < -0.4 is 16.2 Å². The highest BCUT2D eigenvalue weighted by molar-refractivity contribution is 6.16. The number of aromatic nitrogens is 4. The van der Waals surface area contributed by atoms with Crippen molar-refractivity contribution in [2.45, 2.75) is 57.7 Å². The van der Waals surface area contributed by atoms with Gasteiger partial charge in [0.15, 0.2) is 5.78 Å². The third-order valence-corrected chi connectivity index (χ3v) is 6.52. The molecule has 9 nitrogen and oxygen atoms in total. The highest BCUT2D eigenvalue weighted by Crippen LogP contribution is 2.31. The number of carbonyl (C=O) groups is 2. The molecule has 9 heteroatoms. The fraction of sp³-hybridized carbons (Fsp3) is 0.435. The zero-order chi connectivity index (χ0) is 22.2. The van der Waals surface area contributed by atoms with Gasteiger partial charge in [0.25, 0.3) is 0 Å². The lowest BCUT2D eigenvalue weighted by Crippen LogP contribution is -2.42. The lowest BCUT2D eigenvalue weighted by Gasteiger charge is -2.26. The first kappa shape index (κ1) is 20.7. The number of nitrogens with zero attached hydrogens (tertiary/aromatic N) is 4. The number of nitrogens with one attached hydrogen (secondary N) is 3. The summed E-state index contributed by atoms with van der Waals surface area (Å²) in [6, 6.07) is 1.87. The zero-order valence-electron chi connectivity index (χ0n) is 18.2. The number of hydrogen-bond acceptors (Lipinski definition) is 7. The van der Waals surface area contributed by atoms with Crippen molar-refractivity contribution in [2.75, 3.05) is 5.32 Å². The summed E-state index contributed by atoms with van der Waals surface area (Å²) in [6.07, 6.45) is 12.5. The highest BCUT2D eigenvalue weighted by Gasteiger charge is 2.41. The van der Waals surface area contributed by atoms with E-state index in [1.165, 1.54) is 18.9 Å². The summed E-state index contributed by atoms with van der Waals surface area (Å²) in [7, 11) is 0. The average Bonchev–Trinajstić information content (AvgIpc) is 3.41. The predicted octanol–water partition coefficient (Wildman–Crippen LogP) is 2.61. The van der Waals surface area contributed by atoms with Crippen molar-refractivity contribution in [3.05, 3.63) is 48.3 Å². The second kappa shape index (κ2) is 8.40. The van der Waals surface area contributed by atoms with Gasteiger partial charge in [-0.3, -0.25) is 20.0 Å². The van der Waals surface area contributed by atoms with Crippen molar-refractivity contribution in [1.82, 2.24) is 30.4 Å². The van der Waals surface area contributed by atoms with Crippen LogP contribution in [0.2, 0.25) is 0 Å². The molecule has 32 heavy (non-hydrogen) atoms. The van der Waals surface area contributed by atoms with Gasteiger partial charge in [0.1, 0.15) is 18.0 Å². The molecular weight excluding hydrogens is 406 g/mol. The standard InChI is InChI=1S/C23H27N7O2/c1-13(2)30-11-18(17-10-25-12-26-22(17)30)21(31)14-7-15(9-24-8-14)27-23(32)20-16-5-3-4-6-19(16)28-29-20/h7-13,16,19-20,28-29H,3-6H2,1-2H3,(H,27,32). The largest absolute Gasteiger partial charge is 0.329 e. The van der Waals surface area contributed by atoms with Gasteiger partial charge in [-0.1, -0.05) is 12.8 Å². The summed E-state index contributed by atoms with van der Waals surface area (Å²) in [6.45, 7) is 4.08. The number of anilines is 1. The number of amides is 1. The van der Waals surface area contributed by atoms with Crippen LogP contribution in [0.15, 0.2) is 37.2 Å². The lowest BCUT2D eigenvalue weighted by molar-refractivity contribution is -0.118. The molecule has 3 unspecified atom stereocenters. The Morgan fingerprint density at radius 3 is 2.81 bits per heavy atom. The molecule has 3 aromatic heterocycles. The molecular formula is C23H27N7O2. The van der Waals surface area contributed by atoms with Crippen molar-refractivity contribution in [1.29, 1.82) is 0 Å². The first-order chi connectivity index (χ1) is 15.5. The maximum Gasteiger partial charge on any atom is 0.243 e. The molecule has 3 atom stereocenters. The molecule has 4 heterocycles. The van der Waals surface area contributed by atoms with E-state index in [-0.39, 0.29) is 29.7 Å². The van der Waals surface area contributed by atoms with Crippen LogP contribution in [0.25, 0.3) is 11.0 Å². The van der Waals surface area contributed by atoms with Crippen LogP contribution in [0.5, 0.6) is 0 Å². The van der Waals surface area contributed by atoms with E-state index in [0.29, 0.717) is 28.2 Å². The third kappa shape index (κ3) is 3.67. The smallest absolute Gasteiger partial charge is 0.243 e. The van der Waals surface area contributed by atoms with E-state index < -0.39 is 0 Å². The summed E-state index contributed by atoms with van der Waals surface area (Å²) < 4.78 is 1.96. The minimum Gasteiger partial charge on any atom is -0.329 e. The van der Waals surface area contributed by atoms with Crippen molar-refractivity contribution in [3.63, 3.8) is 0 Å². The molecule has 5 rings (SSSR count). The Morgan fingerprint density at radius 1 is 1.12 bits per heavy atom. The number of hydrogen-bond donors (Lipinski definition) is 3. The number of carbonyl (C=O) groups excluding carboxylic acids is 2. The molecule has 1 saturated heterocycles. The van der Waals surface area contributed by atoms with Gasteiger partial charge in [0.05, 0.1) is 17.4 Å². The first-order valence-electron chi connectivity index (χ1n) is 11.1. The molecule has 1 aliphatic carbocycles. The van der Waals surface area contributed by atoms with E-state index in [1.807, 2.05) is 24.6 Å². The maximum absolute atomic E-state index is 13.3. The van der Waals surface area contributed by atoms with E-state index >= 15 is 0 Å². The molecule has 1 amide bonds. The number of rotatable bonds is 5. The fourth-order valence-corrected chi connectivity index (χ4v) is 4.87. The molecule has 0 spiro atoms. The average molecular weight is 434 g/mol. The Labute approximate surface area is 186 Å². The Bertz CT molecular complexity index is 1170. The SMILES string of the molecule is CC(C)n1cc(C(=O)c2cncc(NC(=O)C3NNC4CCCCC43)c2)c2cncnc21. The van der Waals surface area contributed by atoms with Gasteiger partial charge in [0, 0.05) is 47.5 Å². The summed E-state index contributed by atoms with van der Waals surface area (Å²) >= 11 is 0. The lowest BCUT2D eigenvalue weighted by atomic mass is 9.81. The fourth-order valence-electron chi connectivity index (χ4n) is 4.87. The van der Waals surface area contributed by atoms with Crippen LogP contribution in [0.1, 0.15) is 61.5 Å². The Kier molecular flexibility index (Phi) is 5.44. The van der Waals surface area contributed by atoms with Gasteiger partial charge in [-0.05, 0) is 32.8 Å².